The Hall–Kier alpha value is -4.13. The van der Waals surface area contributed by atoms with E-state index in [0.29, 0.717) is 22.6 Å². The molecule has 4 rings (SSSR count). The third-order valence-electron chi connectivity index (χ3n) is 6.11. The Bertz CT molecular complexity index is 1310. The van der Waals surface area contributed by atoms with Crippen LogP contribution in [0.3, 0.4) is 0 Å². The van der Waals surface area contributed by atoms with Gasteiger partial charge >= 0.3 is 0 Å². The number of aliphatic hydroxyl groups is 1. The zero-order valence-corrected chi connectivity index (χ0v) is 20.1. The van der Waals surface area contributed by atoms with Crippen molar-refractivity contribution in [1.82, 2.24) is 9.88 Å². The molecule has 0 spiro atoms. The van der Waals surface area contributed by atoms with Gasteiger partial charge in [-0.2, -0.15) is 0 Å². The van der Waals surface area contributed by atoms with Gasteiger partial charge in [-0.15, -0.1) is 0 Å². The number of hydrogen-bond acceptors (Lipinski definition) is 6. The highest BCUT2D eigenvalue weighted by atomic mass is 16.5. The average molecular weight is 473 g/mol. The third kappa shape index (κ3) is 4.62. The van der Waals surface area contributed by atoms with Crippen molar-refractivity contribution < 1.29 is 24.5 Å². The number of methoxy groups -OCH3 is 1. The zero-order chi connectivity index (χ0) is 25.3. The molecule has 0 saturated carbocycles. The van der Waals surface area contributed by atoms with Crippen LogP contribution in [0.25, 0.3) is 5.76 Å². The first-order valence-corrected chi connectivity index (χ1v) is 11.3. The molecule has 1 atom stereocenters. The van der Waals surface area contributed by atoms with Gasteiger partial charge in [-0.25, -0.2) is 0 Å². The summed E-state index contributed by atoms with van der Waals surface area (Å²) in [6.07, 6.45) is 1.61. The molecule has 1 aliphatic rings. The first kappa shape index (κ1) is 24.0. The van der Waals surface area contributed by atoms with E-state index in [1.165, 1.54) is 24.1 Å². The van der Waals surface area contributed by atoms with E-state index in [0.717, 1.165) is 5.56 Å². The van der Waals surface area contributed by atoms with Crippen molar-refractivity contribution >= 4 is 17.4 Å². The minimum Gasteiger partial charge on any atom is -0.508 e. The van der Waals surface area contributed by atoms with Crippen LogP contribution in [0.15, 0.2) is 72.4 Å². The molecule has 1 saturated heterocycles. The molecular weight excluding hydrogens is 444 g/mol. The summed E-state index contributed by atoms with van der Waals surface area (Å²) in [6, 6.07) is 16.1. The van der Waals surface area contributed by atoms with E-state index < -0.39 is 17.7 Å². The summed E-state index contributed by atoms with van der Waals surface area (Å²) in [5.41, 5.74) is 2.04. The number of aromatic hydroxyl groups is 1. The van der Waals surface area contributed by atoms with Crippen LogP contribution >= 0.6 is 0 Å². The van der Waals surface area contributed by atoms with Crippen molar-refractivity contribution in [2.45, 2.75) is 38.8 Å². The highest BCUT2D eigenvalue weighted by Crippen LogP contribution is 2.42. The smallest absolute Gasteiger partial charge is 0.296 e. The zero-order valence-electron chi connectivity index (χ0n) is 20.1. The SMILES string of the molecule is COc1ccc(C(C)(C)C)cc1/C(O)=C1\C(=O)C(=O)N(Cc2ccccn2)C1c1cccc(O)c1. The van der Waals surface area contributed by atoms with Gasteiger partial charge in [0.25, 0.3) is 11.7 Å². The number of amides is 1. The number of phenols is 1. The number of ether oxygens (including phenoxy) is 1. The Kier molecular flexibility index (Phi) is 6.35. The van der Waals surface area contributed by atoms with Crippen LogP contribution in [0.1, 0.15) is 49.2 Å². The maximum atomic E-state index is 13.3. The van der Waals surface area contributed by atoms with Gasteiger partial charge in [0.15, 0.2) is 0 Å². The molecule has 1 unspecified atom stereocenters. The van der Waals surface area contributed by atoms with Gasteiger partial charge in [-0.3, -0.25) is 14.6 Å². The molecule has 0 radical (unpaired) electrons. The van der Waals surface area contributed by atoms with Crippen molar-refractivity contribution in [2.24, 2.45) is 0 Å². The summed E-state index contributed by atoms with van der Waals surface area (Å²) in [5.74, 6) is -1.53. The molecule has 1 aliphatic heterocycles. The number of aliphatic hydroxyl groups excluding tert-OH is 1. The Morgan fingerprint density at radius 2 is 1.83 bits per heavy atom. The molecule has 2 N–H and O–H groups in total. The number of Topliss-reactive ketones (excluding diaryl/α,β-unsaturated/α-hetero) is 1. The lowest BCUT2D eigenvalue weighted by Gasteiger charge is -2.25. The number of hydrogen-bond donors (Lipinski definition) is 2. The molecule has 0 bridgehead atoms. The highest BCUT2D eigenvalue weighted by Gasteiger charge is 2.46. The van der Waals surface area contributed by atoms with Crippen LogP contribution in [0.4, 0.5) is 0 Å². The fourth-order valence-corrected chi connectivity index (χ4v) is 4.26. The predicted octanol–water partition coefficient (Wildman–Crippen LogP) is 4.72. The average Bonchev–Trinajstić information content (AvgIpc) is 3.08. The van der Waals surface area contributed by atoms with Crippen molar-refractivity contribution in [3.8, 4) is 11.5 Å². The number of carbonyl (C=O) groups excluding carboxylic acids is 2. The number of aromatic nitrogens is 1. The fourth-order valence-electron chi connectivity index (χ4n) is 4.26. The highest BCUT2D eigenvalue weighted by molar-refractivity contribution is 6.46. The lowest BCUT2D eigenvalue weighted by atomic mass is 9.85. The van der Waals surface area contributed by atoms with Crippen molar-refractivity contribution in [3.05, 3.63) is 94.8 Å². The van der Waals surface area contributed by atoms with Crippen LogP contribution in [0.2, 0.25) is 0 Å². The molecule has 180 valence electrons. The summed E-state index contributed by atoms with van der Waals surface area (Å²) < 4.78 is 5.48. The maximum Gasteiger partial charge on any atom is 0.296 e. The summed E-state index contributed by atoms with van der Waals surface area (Å²) in [5, 5.41) is 21.6. The predicted molar refractivity (Wildman–Crippen MR) is 132 cm³/mol. The van der Waals surface area contributed by atoms with Crippen LogP contribution in [-0.4, -0.2) is 38.9 Å². The van der Waals surface area contributed by atoms with Gasteiger partial charge in [0, 0.05) is 6.20 Å². The van der Waals surface area contributed by atoms with Crippen LogP contribution in [-0.2, 0) is 21.5 Å². The number of phenolic OH excluding ortho intramolecular Hbond substituents is 1. The molecule has 3 aromatic rings. The van der Waals surface area contributed by atoms with Gasteiger partial charge in [0.05, 0.1) is 36.5 Å². The molecule has 2 aromatic carbocycles. The summed E-state index contributed by atoms with van der Waals surface area (Å²) in [4.78, 5) is 32.2. The summed E-state index contributed by atoms with van der Waals surface area (Å²) >= 11 is 0. The normalized spacial score (nSPS) is 17.6. The Morgan fingerprint density at radius 1 is 1.06 bits per heavy atom. The summed E-state index contributed by atoms with van der Waals surface area (Å²) in [7, 11) is 1.48. The largest absolute Gasteiger partial charge is 0.508 e. The van der Waals surface area contributed by atoms with Crippen molar-refractivity contribution in [1.29, 1.82) is 0 Å². The van der Waals surface area contributed by atoms with Crippen LogP contribution < -0.4 is 4.74 Å². The monoisotopic (exact) mass is 472 g/mol. The molecule has 1 fully saturated rings. The minimum atomic E-state index is -0.924. The molecule has 1 aromatic heterocycles. The quantitative estimate of drug-likeness (QED) is 0.317. The van der Waals surface area contributed by atoms with Gasteiger partial charge < -0.3 is 19.8 Å². The number of nitrogens with zero attached hydrogens (tertiary/aromatic N) is 2. The molecule has 7 nitrogen and oxygen atoms in total. The maximum absolute atomic E-state index is 13.3. The molecule has 1 amide bonds. The van der Waals surface area contributed by atoms with E-state index in [9.17, 15) is 19.8 Å². The second-order valence-electron chi connectivity index (χ2n) is 9.51. The van der Waals surface area contributed by atoms with Crippen molar-refractivity contribution in [2.75, 3.05) is 7.11 Å². The topological polar surface area (TPSA) is 100.0 Å². The van der Waals surface area contributed by atoms with Gasteiger partial charge in [0.1, 0.15) is 17.3 Å². The lowest BCUT2D eigenvalue weighted by Crippen LogP contribution is -2.29. The minimum absolute atomic E-state index is 0.0155. The van der Waals surface area contributed by atoms with E-state index in [2.05, 4.69) is 4.98 Å². The molecule has 7 heteroatoms. The van der Waals surface area contributed by atoms with E-state index in [-0.39, 0.29) is 29.0 Å². The number of ketones is 1. The van der Waals surface area contributed by atoms with E-state index >= 15 is 0 Å². The van der Waals surface area contributed by atoms with E-state index in [4.69, 9.17) is 4.74 Å². The second kappa shape index (κ2) is 9.25. The number of carbonyl (C=O) groups is 2. The number of benzene rings is 2. The van der Waals surface area contributed by atoms with Crippen LogP contribution in [0.5, 0.6) is 11.5 Å². The molecular formula is C28H28N2O5. The standard InChI is InChI=1S/C28H28N2O5/c1-28(2,3)18-11-12-22(35-4)21(15-18)25(32)23-24(17-8-7-10-20(31)14-17)30(27(34)26(23)33)16-19-9-5-6-13-29-19/h5-15,24,31-32H,16H2,1-4H3/b25-23+. The van der Waals surface area contributed by atoms with Gasteiger partial charge in [-0.1, -0.05) is 45.0 Å². The Morgan fingerprint density at radius 3 is 2.46 bits per heavy atom. The molecule has 0 aliphatic carbocycles. The summed E-state index contributed by atoms with van der Waals surface area (Å²) in [6.45, 7) is 6.17. The number of pyridine rings is 1. The fraction of sp³-hybridized carbons (Fsp3) is 0.250. The first-order valence-electron chi connectivity index (χ1n) is 11.3. The number of likely N-dealkylation sites (tertiary alicyclic amines) is 1. The first-order chi connectivity index (χ1) is 16.6. The van der Waals surface area contributed by atoms with E-state index in [1.807, 2.05) is 26.8 Å². The van der Waals surface area contributed by atoms with Gasteiger partial charge in [-0.05, 0) is 52.9 Å². The molecule has 2 heterocycles. The molecule has 35 heavy (non-hydrogen) atoms. The van der Waals surface area contributed by atoms with Gasteiger partial charge in [0.2, 0.25) is 0 Å². The van der Waals surface area contributed by atoms with E-state index in [1.54, 1.807) is 48.7 Å². The Labute approximate surface area is 204 Å². The lowest BCUT2D eigenvalue weighted by molar-refractivity contribution is -0.140. The van der Waals surface area contributed by atoms with Crippen molar-refractivity contribution in [3.63, 3.8) is 0 Å². The number of rotatable bonds is 5. The third-order valence-corrected chi connectivity index (χ3v) is 6.11. The Balaban J connectivity index is 1.94. The second-order valence-corrected chi connectivity index (χ2v) is 9.51. The van der Waals surface area contributed by atoms with Crippen LogP contribution in [0, 0.1) is 0 Å².